The Labute approximate surface area is 188 Å². The molecule has 0 atom stereocenters. The third-order valence-electron chi connectivity index (χ3n) is 4.79. The molecule has 2 heterocycles. The molecule has 3 aromatic rings. The predicted octanol–water partition coefficient (Wildman–Crippen LogP) is 4.66. The Hall–Kier alpha value is -1.45. The second-order valence-electron chi connectivity index (χ2n) is 6.75. The Morgan fingerprint density at radius 2 is 1.79 bits per heavy atom. The van der Waals surface area contributed by atoms with Gasteiger partial charge in [-0.2, -0.15) is 4.31 Å². The van der Waals surface area contributed by atoms with Crippen molar-refractivity contribution in [2.45, 2.75) is 11.3 Å². The first-order chi connectivity index (χ1) is 13.9. The molecule has 0 unspecified atom stereocenters. The zero-order chi connectivity index (χ0) is 20.4. The van der Waals surface area contributed by atoms with E-state index in [4.69, 9.17) is 16.6 Å². The van der Waals surface area contributed by atoms with Gasteiger partial charge in [0, 0.05) is 42.5 Å². The molecule has 0 radical (unpaired) electrons. The summed E-state index contributed by atoms with van der Waals surface area (Å²) in [5, 5.41) is 3.24. The average molecular weight is 513 g/mol. The Morgan fingerprint density at radius 1 is 1.07 bits per heavy atom. The van der Waals surface area contributed by atoms with Crippen LogP contribution in [0.25, 0.3) is 0 Å². The molecule has 1 aliphatic heterocycles. The number of thiazole rings is 1. The van der Waals surface area contributed by atoms with Crippen LogP contribution in [0.15, 0.2) is 63.3 Å². The minimum absolute atomic E-state index is 0.148. The molecule has 0 saturated carbocycles. The average Bonchev–Trinajstić information content (AvgIpc) is 3.17. The molecule has 1 saturated heterocycles. The van der Waals surface area contributed by atoms with E-state index in [2.05, 4.69) is 38.3 Å². The van der Waals surface area contributed by atoms with Crippen LogP contribution in [0, 0.1) is 0 Å². The number of piperazine rings is 1. The highest BCUT2D eigenvalue weighted by atomic mass is 79.9. The summed E-state index contributed by atoms with van der Waals surface area (Å²) in [4.78, 5) is 7.04. The van der Waals surface area contributed by atoms with Crippen molar-refractivity contribution in [2.24, 2.45) is 0 Å². The zero-order valence-electron chi connectivity index (χ0n) is 15.5. The van der Waals surface area contributed by atoms with Gasteiger partial charge in [-0.05, 0) is 23.8 Å². The Kier molecular flexibility index (Phi) is 6.27. The van der Waals surface area contributed by atoms with Crippen molar-refractivity contribution in [3.8, 4) is 0 Å². The van der Waals surface area contributed by atoms with Crippen LogP contribution in [0.3, 0.4) is 0 Å². The monoisotopic (exact) mass is 511 g/mol. The van der Waals surface area contributed by atoms with Gasteiger partial charge in [-0.3, -0.25) is 0 Å². The first-order valence-corrected chi connectivity index (χ1v) is 12.6. The predicted molar refractivity (Wildman–Crippen MR) is 121 cm³/mol. The molecule has 1 aromatic heterocycles. The third kappa shape index (κ3) is 4.67. The number of sulfonamides is 1. The topological polar surface area (TPSA) is 53.5 Å². The zero-order valence-corrected chi connectivity index (χ0v) is 19.4. The van der Waals surface area contributed by atoms with Crippen molar-refractivity contribution in [1.29, 1.82) is 0 Å². The number of nitrogens with zero attached hydrogens (tertiary/aromatic N) is 3. The van der Waals surface area contributed by atoms with Crippen molar-refractivity contribution in [1.82, 2.24) is 9.29 Å². The van der Waals surface area contributed by atoms with E-state index in [0.29, 0.717) is 26.2 Å². The van der Waals surface area contributed by atoms with E-state index in [9.17, 15) is 8.42 Å². The normalized spacial score (nSPS) is 15.6. The molecule has 1 aliphatic rings. The molecular weight excluding hydrogens is 494 g/mol. The van der Waals surface area contributed by atoms with Crippen LogP contribution in [-0.4, -0.2) is 43.9 Å². The summed E-state index contributed by atoms with van der Waals surface area (Å²) in [5.74, 6) is 0. The Balaban J connectivity index is 1.42. The molecule has 4 rings (SSSR count). The lowest BCUT2D eigenvalue weighted by Crippen LogP contribution is -2.48. The summed E-state index contributed by atoms with van der Waals surface area (Å²) < 4.78 is 28.2. The Bertz CT molecular complexity index is 1100. The largest absolute Gasteiger partial charge is 0.345 e. The standard InChI is InChI=1S/C20H19BrClN3O2S2/c21-16-6-7-19(18(22)13-16)29(26,27)25-10-8-24(9-11-25)20-23-17(14-28-20)12-15-4-2-1-3-5-15/h1-7,13-14H,8-12H2. The molecule has 9 heteroatoms. The van der Waals surface area contributed by atoms with Crippen LogP contribution in [-0.2, 0) is 16.4 Å². The van der Waals surface area contributed by atoms with Crippen molar-refractivity contribution in [3.05, 3.63) is 74.7 Å². The minimum atomic E-state index is -3.61. The summed E-state index contributed by atoms with van der Waals surface area (Å²) in [5.41, 5.74) is 2.26. The fraction of sp³-hybridized carbons (Fsp3) is 0.250. The number of rotatable bonds is 5. The summed E-state index contributed by atoms with van der Waals surface area (Å²) in [6, 6.07) is 15.1. The number of hydrogen-bond acceptors (Lipinski definition) is 5. The van der Waals surface area contributed by atoms with Crippen molar-refractivity contribution in [3.63, 3.8) is 0 Å². The molecule has 0 bridgehead atoms. The molecule has 0 aliphatic carbocycles. The van der Waals surface area contributed by atoms with Gasteiger partial charge in [0.2, 0.25) is 10.0 Å². The smallest absolute Gasteiger partial charge is 0.244 e. The maximum Gasteiger partial charge on any atom is 0.244 e. The van der Waals surface area contributed by atoms with E-state index in [1.807, 2.05) is 18.2 Å². The highest BCUT2D eigenvalue weighted by molar-refractivity contribution is 9.10. The van der Waals surface area contributed by atoms with E-state index in [1.54, 1.807) is 29.5 Å². The van der Waals surface area contributed by atoms with Gasteiger partial charge in [-0.1, -0.05) is 57.9 Å². The van der Waals surface area contributed by atoms with Gasteiger partial charge in [0.05, 0.1) is 10.7 Å². The summed E-state index contributed by atoms with van der Waals surface area (Å²) in [6.45, 7) is 2.02. The lowest BCUT2D eigenvalue weighted by molar-refractivity contribution is 0.384. The first kappa shape index (κ1) is 20.8. The summed E-state index contributed by atoms with van der Waals surface area (Å²) in [7, 11) is -3.61. The van der Waals surface area contributed by atoms with Gasteiger partial charge in [-0.15, -0.1) is 11.3 Å². The lowest BCUT2D eigenvalue weighted by Gasteiger charge is -2.34. The first-order valence-electron chi connectivity index (χ1n) is 9.12. The van der Waals surface area contributed by atoms with Crippen LogP contribution in [0.2, 0.25) is 5.02 Å². The van der Waals surface area contributed by atoms with Gasteiger partial charge in [0.1, 0.15) is 4.90 Å². The van der Waals surface area contributed by atoms with E-state index in [-0.39, 0.29) is 9.92 Å². The van der Waals surface area contributed by atoms with E-state index >= 15 is 0 Å². The molecular formula is C20H19BrClN3O2S2. The van der Waals surface area contributed by atoms with Gasteiger partial charge >= 0.3 is 0 Å². The number of benzene rings is 2. The molecule has 1 fully saturated rings. The third-order valence-corrected chi connectivity index (χ3v) is 8.61. The number of anilines is 1. The van der Waals surface area contributed by atoms with E-state index in [0.717, 1.165) is 21.7 Å². The minimum Gasteiger partial charge on any atom is -0.345 e. The van der Waals surface area contributed by atoms with Crippen LogP contribution >= 0.6 is 38.9 Å². The molecule has 29 heavy (non-hydrogen) atoms. The van der Waals surface area contributed by atoms with Crippen LogP contribution in [0.4, 0.5) is 5.13 Å². The fourth-order valence-corrected chi connectivity index (χ4v) is 6.58. The molecule has 0 amide bonds. The maximum atomic E-state index is 13.0. The van der Waals surface area contributed by atoms with Gasteiger partial charge in [0.15, 0.2) is 5.13 Å². The second kappa shape index (κ2) is 8.73. The molecule has 0 N–H and O–H groups in total. The van der Waals surface area contributed by atoms with E-state index < -0.39 is 10.0 Å². The maximum absolute atomic E-state index is 13.0. The highest BCUT2D eigenvalue weighted by Gasteiger charge is 2.30. The van der Waals surface area contributed by atoms with Crippen LogP contribution < -0.4 is 4.90 Å². The van der Waals surface area contributed by atoms with Crippen molar-refractivity contribution < 1.29 is 8.42 Å². The second-order valence-corrected chi connectivity index (χ2v) is 10.8. The van der Waals surface area contributed by atoms with Gasteiger partial charge < -0.3 is 4.90 Å². The van der Waals surface area contributed by atoms with Crippen LogP contribution in [0.5, 0.6) is 0 Å². The van der Waals surface area contributed by atoms with E-state index in [1.165, 1.54) is 9.87 Å². The highest BCUT2D eigenvalue weighted by Crippen LogP contribution is 2.29. The van der Waals surface area contributed by atoms with Gasteiger partial charge in [-0.25, -0.2) is 13.4 Å². The van der Waals surface area contributed by atoms with Gasteiger partial charge in [0.25, 0.3) is 0 Å². The number of aromatic nitrogens is 1. The molecule has 2 aromatic carbocycles. The number of hydrogen-bond donors (Lipinski definition) is 0. The SMILES string of the molecule is O=S(=O)(c1ccc(Br)cc1Cl)N1CCN(c2nc(Cc3ccccc3)cs2)CC1. The summed E-state index contributed by atoms with van der Waals surface area (Å²) >= 11 is 11.1. The lowest BCUT2D eigenvalue weighted by atomic mass is 10.1. The number of halogens is 2. The van der Waals surface area contributed by atoms with Crippen molar-refractivity contribution >= 4 is 54.0 Å². The molecule has 152 valence electrons. The quantitative estimate of drug-likeness (QED) is 0.499. The Morgan fingerprint density at radius 3 is 2.48 bits per heavy atom. The van der Waals surface area contributed by atoms with Crippen molar-refractivity contribution in [2.75, 3.05) is 31.1 Å². The molecule has 0 spiro atoms. The summed E-state index contributed by atoms with van der Waals surface area (Å²) in [6.07, 6.45) is 0.799. The molecule has 5 nitrogen and oxygen atoms in total. The fourth-order valence-electron chi connectivity index (χ4n) is 3.27. The van der Waals surface area contributed by atoms with Crippen LogP contribution in [0.1, 0.15) is 11.3 Å².